The zero-order chi connectivity index (χ0) is 16.4. The van der Waals surface area contributed by atoms with Crippen molar-refractivity contribution in [1.82, 2.24) is 4.90 Å². The summed E-state index contributed by atoms with van der Waals surface area (Å²) in [6.45, 7) is 1.80. The molecule has 1 saturated carbocycles. The van der Waals surface area contributed by atoms with Gasteiger partial charge in [-0.1, -0.05) is 0 Å². The Morgan fingerprint density at radius 3 is 2.79 bits per heavy atom. The van der Waals surface area contributed by atoms with Crippen molar-refractivity contribution in [2.24, 2.45) is 17.6 Å². The third-order valence-electron chi connectivity index (χ3n) is 4.95. The zero-order valence-electron chi connectivity index (χ0n) is 13.4. The van der Waals surface area contributed by atoms with Crippen LogP contribution in [-0.2, 0) is 4.79 Å². The van der Waals surface area contributed by atoms with Crippen molar-refractivity contribution in [2.45, 2.75) is 31.7 Å². The van der Waals surface area contributed by atoms with Crippen LogP contribution in [0.5, 0.6) is 5.75 Å². The van der Waals surface area contributed by atoms with Gasteiger partial charge in [-0.2, -0.15) is 0 Å². The normalized spacial score (nSPS) is 25.3. The number of nitrogens with zero attached hydrogens (tertiary/aromatic N) is 1. The van der Waals surface area contributed by atoms with Crippen LogP contribution in [-0.4, -0.2) is 36.5 Å². The Labute approximate surface area is 146 Å². The SMILES string of the molecule is Cl.NC1CCC2CN(C(=O)CCCOc3ccc(F)cc3F)CC12. The van der Waals surface area contributed by atoms with Gasteiger partial charge in [-0.3, -0.25) is 4.79 Å². The second-order valence-corrected chi connectivity index (χ2v) is 6.49. The first-order chi connectivity index (χ1) is 11.0. The van der Waals surface area contributed by atoms with Crippen LogP contribution in [0.4, 0.5) is 8.78 Å². The van der Waals surface area contributed by atoms with Crippen LogP contribution in [0.15, 0.2) is 18.2 Å². The number of carbonyl (C=O) groups excluding carboxylic acids is 1. The van der Waals surface area contributed by atoms with Gasteiger partial charge in [0.2, 0.25) is 5.91 Å². The first kappa shape index (κ1) is 18.9. The molecular formula is C17H23ClF2N2O2. The number of fused-ring (bicyclic) bond motifs is 1. The van der Waals surface area contributed by atoms with E-state index < -0.39 is 11.6 Å². The average Bonchev–Trinajstić information content (AvgIpc) is 3.08. The summed E-state index contributed by atoms with van der Waals surface area (Å²) in [7, 11) is 0. The minimum Gasteiger partial charge on any atom is -0.491 e. The summed E-state index contributed by atoms with van der Waals surface area (Å²) in [6.07, 6.45) is 3.06. The lowest BCUT2D eigenvalue weighted by molar-refractivity contribution is -0.130. The maximum atomic E-state index is 13.4. The molecule has 0 aromatic heterocycles. The molecular weight excluding hydrogens is 338 g/mol. The van der Waals surface area contributed by atoms with Crippen molar-refractivity contribution in [3.05, 3.63) is 29.8 Å². The molecule has 4 nitrogen and oxygen atoms in total. The highest BCUT2D eigenvalue weighted by molar-refractivity contribution is 5.85. The molecule has 1 aromatic carbocycles. The molecule has 1 aliphatic heterocycles. The van der Waals surface area contributed by atoms with E-state index in [9.17, 15) is 13.6 Å². The fourth-order valence-electron chi connectivity index (χ4n) is 3.67. The Morgan fingerprint density at radius 1 is 1.29 bits per heavy atom. The number of ether oxygens (including phenoxy) is 1. The molecule has 0 bridgehead atoms. The summed E-state index contributed by atoms with van der Waals surface area (Å²) in [5, 5.41) is 0. The van der Waals surface area contributed by atoms with Crippen LogP contribution in [0.2, 0.25) is 0 Å². The highest BCUT2D eigenvalue weighted by Gasteiger charge is 2.42. The molecule has 3 rings (SSSR count). The molecule has 0 radical (unpaired) electrons. The van der Waals surface area contributed by atoms with Crippen molar-refractivity contribution in [3.8, 4) is 5.75 Å². The quantitative estimate of drug-likeness (QED) is 0.821. The average molecular weight is 361 g/mol. The third-order valence-corrected chi connectivity index (χ3v) is 4.95. The van der Waals surface area contributed by atoms with E-state index in [1.807, 2.05) is 4.90 Å². The van der Waals surface area contributed by atoms with Gasteiger partial charge in [-0.15, -0.1) is 12.4 Å². The maximum absolute atomic E-state index is 13.4. The van der Waals surface area contributed by atoms with E-state index in [4.69, 9.17) is 10.5 Å². The van der Waals surface area contributed by atoms with Gasteiger partial charge >= 0.3 is 0 Å². The lowest BCUT2D eigenvalue weighted by Gasteiger charge is -2.18. The number of halogens is 3. The minimum absolute atomic E-state index is 0. The van der Waals surface area contributed by atoms with Crippen LogP contribution in [0, 0.1) is 23.5 Å². The summed E-state index contributed by atoms with van der Waals surface area (Å²) in [5.74, 6) is -0.238. The van der Waals surface area contributed by atoms with Crippen molar-refractivity contribution in [1.29, 1.82) is 0 Å². The number of hydrogen-bond donors (Lipinski definition) is 1. The summed E-state index contributed by atoms with van der Waals surface area (Å²) >= 11 is 0. The van der Waals surface area contributed by atoms with Gasteiger partial charge in [0.15, 0.2) is 11.6 Å². The predicted molar refractivity (Wildman–Crippen MR) is 89.1 cm³/mol. The topological polar surface area (TPSA) is 55.6 Å². The maximum Gasteiger partial charge on any atom is 0.222 e. The molecule has 1 amide bonds. The van der Waals surface area contributed by atoms with Crippen molar-refractivity contribution in [2.75, 3.05) is 19.7 Å². The second kappa shape index (κ2) is 8.12. The van der Waals surface area contributed by atoms with Gasteiger partial charge in [0.25, 0.3) is 0 Å². The molecule has 1 aromatic rings. The van der Waals surface area contributed by atoms with E-state index >= 15 is 0 Å². The van der Waals surface area contributed by atoms with E-state index in [1.165, 1.54) is 6.07 Å². The lowest BCUT2D eigenvalue weighted by Crippen LogP contribution is -2.33. The largest absolute Gasteiger partial charge is 0.491 e. The number of carbonyl (C=O) groups is 1. The first-order valence-electron chi connectivity index (χ1n) is 8.16. The Bertz CT molecular complexity index is 588. The highest BCUT2D eigenvalue weighted by atomic mass is 35.5. The van der Waals surface area contributed by atoms with Gasteiger partial charge < -0.3 is 15.4 Å². The van der Waals surface area contributed by atoms with Gasteiger partial charge in [0.05, 0.1) is 6.61 Å². The van der Waals surface area contributed by atoms with E-state index in [0.29, 0.717) is 24.7 Å². The molecule has 2 N–H and O–H groups in total. The lowest BCUT2D eigenvalue weighted by atomic mass is 9.98. The number of hydrogen-bond acceptors (Lipinski definition) is 3. The summed E-state index contributed by atoms with van der Waals surface area (Å²) in [4.78, 5) is 14.1. The Hall–Kier alpha value is -1.40. The molecule has 7 heteroatoms. The minimum atomic E-state index is -0.724. The van der Waals surface area contributed by atoms with Crippen LogP contribution < -0.4 is 10.5 Å². The highest BCUT2D eigenvalue weighted by Crippen LogP contribution is 2.37. The summed E-state index contributed by atoms with van der Waals surface area (Å²) in [5.41, 5.74) is 6.07. The molecule has 1 heterocycles. The molecule has 2 aliphatic rings. The van der Waals surface area contributed by atoms with Gasteiger partial charge in [0, 0.05) is 31.6 Å². The molecule has 24 heavy (non-hydrogen) atoms. The Kier molecular flexibility index (Phi) is 6.40. The number of rotatable bonds is 5. The Balaban J connectivity index is 0.00000208. The zero-order valence-corrected chi connectivity index (χ0v) is 14.2. The third kappa shape index (κ3) is 4.16. The van der Waals surface area contributed by atoms with Crippen molar-refractivity contribution >= 4 is 18.3 Å². The van der Waals surface area contributed by atoms with Crippen LogP contribution in [0.3, 0.4) is 0 Å². The molecule has 1 aliphatic carbocycles. The standard InChI is InChI=1S/C17H22F2N2O2.ClH/c18-12-4-6-16(14(19)8-12)23-7-1-2-17(22)21-9-11-3-5-15(20)13(11)10-21;/h4,6,8,11,13,15H,1-3,5,7,9-10,20H2;1H. The van der Waals surface area contributed by atoms with Gasteiger partial charge in [-0.25, -0.2) is 8.78 Å². The number of amides is 1. The first-order valence-corrected chi connectivity index (χ1v) is 8.16. The molecule has 3 unspecified atom stereocenters. The van der Waals surface area contributed by atoms with Crippen molar-refractivity contribution in [3.63, 3.8) is 0 Å². The molecule has 0 spiro atoms. The van der Waals surface area contributed by atoms with Crippen LogP contribution in [0.25, 0.3) is 0 Å². The fraction of sp³-hybridized carbons (Fsp3) is 0.588. The van der Waals surface area contributed by atoms with Crippen LogP contribution >= 0.6 is 12.4 Å². The number of benzene rings is 1. The molecule has 2 fully saturated rings. The monoisotopic (exact) mass is 360 g/mol. The molecule has 134 valence electrons. The van der Waals surface area contributed by atoms with Crippen molar-refractivity contribution < 1.29 is 18.3 Å². The predicted octanol–water partition coefficient (Wildman–Crippen LogP) is 2.74. The van der Waals surface area contributed by atoms with Gasteiger partial charge in [-0.05, 0) is 43.2 Å². The number of likely N-dealkylation sites (tertiary alicyclic amines) is 1. The van der Waals surface area contributed by atoms with E-state index in [-0.39, 0.29) is 36.7 Å². The summed E-state index contributed by atoms with van der Waals surface area (Å²) < 4.78 is 31.4. The van der Waals surface area contributed by atoms with E-state index in [1.54, 1.807) is 0 Å². The summed E-state index contributed by atoms with van der Waals surface area (Å²) in [6, 6.07) is 3.42. The fourth-order valence-corrected chi connectivity index (χ4v) is 3.67. The molecule has 1 saturated heterocycles. The number of nitrogens with two attached hydrogens (primary N) is 1. The molecule has 3 atom stereocenters. The van der Waals surface area contributed by atoms with E-state index in [2.05, 4.69) is 0 Å². The van der Waals surface area contributed by atoms with E-state index in [0.717, 1.165) is 38.1 Å². The second-order valence-electron chi connectivity index (χ2n) is 6.49. The Morgan fingerprint density at radius 2 is 2.08 bits per heavy atom. The smallest absolute Gasteiger partial charge is 0.222 e. The van der Waals surface area contributed by atoms with Gasteiger partial charge in [0.1, 0.15) is 5.82 Å². The van der Waals surface area contributed by atoms with Crippen LogP contribution in [0.1, 0.15) is 25.7 Å².